The van der Waals surface area contributed by atoms with E-state index in [1.807, 2.05) is 0 Å². The van der Waals surface area contributed by atoms with Gasteiger partial charge < -0.3 is 164 Å². The van der Waals surface area contributed by atoms with Crippen molar-refractivity contribution in [2.75, 3.05) is 26.2 Å². The maximum absolute atomic E-state index is 14.9. The zero-order chi connectivity index (χ0) is 112. The van der Waals surface area contributed by atoms with Crippen LogP contribution in [-0.4, -0.2) is 340 Å². The zero-order valence-electron chi connectivity index (χ0n) is 84.8. The van der Waals surface area contributed by atoms with E-state index < -0.39 is 314 Å². The minimum Gasteiger partial charge on any atom is -0.481 e. The van der Waals surface area contributed by atoms with Gasteiger partial charge in [0, 0.05) is 49.5 Å². The van der Waals surface area contributed by atoms with Crippen molar-refractivity contribution >= 4 is 147 Å². The third-order valence-electron chi connectivity index (χ3n) is 24.1. The summed E-state index contributed by atoms with van der Waals surface area (Å²) in [6.07, 6.45) is -8.84. The van der Waals surface area contributed by atoms with Gasteiger partial charge in [-0.2, -0.15) is 0 Å². The fourth-order valence-corrected chi connectivity index (χ4v) is 15.8. The van der Waals surface area contributed by atoms with Crippen LogP contribution in [-0.2, 0) is 125 Å². The third kappa shape index (κ3) is 40.7. The number of hydrogen-bond acceptors (Lipinski definition) is 29. The number of aliphatic carboxylic acids is 4. The minimum absolute atomic E-state index is 0.00788. The van der Waals surface area contributed by atoms with Crippen molar-refractivity contribution in [2.24, 2.45) is 40.7 Å². The van der Waals surface area contributed by atoms with Crippen molar-refractivity contribution in [3.8, 4) is 0 Å². The number of primary amides is 1. The summed E-state index contributed by atoms with van der Waals surface area (Å²) in [7, 11) is 0. The predicted molar refractivity (Wildman–Crippen MR) is 533 cm³/mol. The number of aliphatic hydroxyl groups is 4. The van der Waals surface area contributed by atoms with Gasteiger partial charge >= 0.3 is 23.9 Å². The number of nitrogens with two attached hydrogens (primary N) is 4. The first kappa shape index (κ1) is 125. The fraction of sp³-hybridized carbons (Fsp3) is 0.552. The zero-order valence-corrected chi connectivity index (χ0v) is 84.8. The Labute approximate surface area is 862 Å². The average molecular weight is 2110 g/mol. The predicted octanol–water partition coefficient (Wildman–Crippen LogP) is -8.44. The van der Waals surface area contributed by atoms with E-state index in [2.05, 4.69) is 95.4 Å². The summed E-state index contributed by atoms with van der Waals surface area (Å²) in [4.78, 5) is 308. The summed E-state index contributed by atoms with van der Waals surface area (Å²) in [5.74, 6) is -31.4. The second kappa shape index (κ2) is 61.4. The van der Waals surface area contributed by atoms with Gasteiger partial charge in [-0.15, -0.1) is 0 Å². The Balaban J connectivity index is 1.29. The molecule has 5 rings (SSSR count). The van der Waals surface area contributed by atoms with E-state index >= 15 is 0 Å². The molecule has 35 N–H and O–H groups in total. The minimum atomic E-state index is -2.25. The largest absolute Gasteiger partial charge is 0.481 e. The smallest absolute Gasteiger partial charge is 0.326 e. The number of nitrogens with zero attached hydrogens (tertiary/aromatic N) is 1. The van der Waals surface area contributed by atoms with Crippen molar-refractivity contribution in [3.05, 3.63) is 108 Å². The van der Waals surface area contributed by atoms with Gasteiger partial charge in [0.05, 0.1) is 50.2 Å². The molecule has 0 saturated carbocycles. The standard InChI is InChI=1S/C96H142N24O30/c1-45(2)72(116-85(139)65(42-71(130)131)110-82(136)64(41-70(128)129)112-90(144)74(47(5)6)115-83(137)61(38-53-25-15-12-16-26-53)108-81(135)62(39-54-43-103-57-28-18-17-27-55(54)57)109-86(140)66(44-121)113-79(133)56(98)37-52-23-13-11-14-24-52)88(142)105-58(32-33-69(126)127)80(134)114-73(46(3)4)89(143)111-63(40-68(99)125)84(138)118-75(49(8)122)91(145)104-48(7)78(132)117-77(51(10)124)93(147)119-76(50(9)123)92(146)106-59(29-19-20-34-97)94(148)120-36-22-31-67(120)87(141)107-60(95(149)150)30-21-35-102-96(100)101/h11-18,23-28,43,45-51,56,58-67,72-77,103,121-124H,19-22,29-42,44,97-98H2,1-10H3,(H2,99,125)(H,104,145)(H,105,142)(H,106,146)(H,107,141)(H,108,135)(H,109,140)(H,110,136)(H,111,143)(H,112,144)(H,113,133)(H,114,134)(H,115,137)(H,116,139)(H,117,132)(H,118,138)(H,119,147)(H,126,127)(H,128,129)(H,130,131)(H,149,150)(H4,100,101,102)/t48-,49+,50+,51+,56-,58-,59-,60-,61-,62-,63-,64-,65-,66-,67-,72-,73-,74-,75-,76-,77-/m0/s1. The molecule has 21 atom stereocenters. The number of benzene rings is 3. The molecular weight excluding hydrogens is 1970 g/mol. The number of para-hydroxylation sites is 1. The average Bonchev–Trinajstić information content (AvgIpc) is 1.65. The number of rotatable bonds is 64. The number of aromatic nitrogens is 1. The van der Waals surface area contributed by atoms with Crippen molar-refractivity contribution in [3.63, 3.8) is 0 Å². The molecule has 826 valence electrons. The van der Waals surface area contributed by atoms with Crippen LogP contribution in [0.15, 0.2) is 91.1 Å². The number of carboxylic acid groups (broad SMARTS) is 4. The molecule has 0 spiro atoms. The van der Waals surface area contributed by atoms with E-state index in [0.717, 1.165) is 32.6 Å². The van der Waals surface area contributed by atoms with E-state index in [1.165, 1.54) is 41.5 Å². The van der Waals surface area contributed by atoms with Crippen LogP contribution < -0.4 is 113 Å². The summed E-state index contributed by atoms with van der Waals surface area (Å²) in [5, 5.41) is 131. The highest BCUT2D eigenvalue weighted by Gasteiger charge is 2.45. The Morgan fingerprint density at radius 1 is 0.400 bits per heavy atom. The normalized spacial score (nSPS) is 16.3. The number of aromatic amines is 1. The summed E-state index contributed by atoms with van der Waals surface area (Å²) in [5.41, 5.74) is 25.0. The number of carbonyl (C=O) groups excluding carboxylic acids is 18. The maximum Gasteiger partial charge on any atom is 0.326 e. The number of likely N-dealkylation sites (tertiary alicyclic amines) is 1. The third-order valence-corrected chi connectivity index (χ3v) is 24.1. The Morgan fingerprint density at radius 3 is 1.26 bits per heavy atom. The van der Waals surface area contributed by atoms with E-state index in [4.69, 9.17) is 28.3 Å². The van der Waals surface area contributed by atoms with Gasteiger partial charge in [0.25, 0.3) is 0 Å². The van der Waals surface area contributed by atoms with Crippen molar-refractivity contribution in [2.45, 2.75) is 293 Å². The van der Waals surface area contributed by atoms with Crippen LogP contribution in [0, 0.1) is 23.2 Å². The van der Waals surface area contributed by atoms with Crippen molar-refractivity contribution in [1.82, 2.24) is 100 Å². The van der Waals surface area contributed by atoms with Crippen LogP contribution in [0.1, 0.15) is 163 Å². The molecule has 1 aliphatic rings. The van der Waals surface area contributed by atoms with Crippen LogP contribution in [0.5, 0.6) is 0 Å². The molecule has 54 heteroatoms. The molecule has 3 aromatic carbocycles. The highest BCUT2D eigenvalue weighted by molar-refractivity contribution is 6.04. The van der Waals surface area contributed by atoms with Crippen molar-refractivity contribution < 1.29 is 146 Å². The summed E-state index contributed by atoms with van der Waals surface area (Å²) < 4.78 is 0. The lowest BCUT2D eigenvalue weighted by atomic mass is 9.99. The molecule has 1 aromatic heterocycles. The topological polar surface area (TPSA) is 889 Å². The van der Waals surface area contributed by atoms with Crippen molar-refractivity contribution in [1.29, 1.82) is 5.41 Å². The lowest BCUT2D eigenvalue weighted by Crippen LogP contribution is -2.63. The Morgan fingerprint density at radius 2 is 0.787 bits per heavy atom. The van der Waals surface area contributed by atoms with Crippen LogP contribution in [0.2, 0.25) is 0 Å². The van der Waals surface area contributed by atoms with Gasteiger partial charge in [-0.05, 0) is 133 Å². The first-order valence-corrected chi connectivity index (χ1v) is 48.7. The van der Waals surface area contributed by atoms with Gasteiger partial charge in [-0.1, -0.05) is 120 Å². The maximum atomic E-state index is 14.9. The van der Waals surface area contributed by atoms with Crippen LogP contribution in [0.25, 0.3) is 10.9 Å². The highest BCUT2D eigenvalue weighted by Crippen LogP contribution is 2.24. The molecule has 18 amide bonds. The van der Waals surface area contributed by atoms with Crippen LogP contribution >= 0.6 is 0 Å². The number of amides is 18. The summed E-state index contributed by atoms with van der Waals surface area (Å²) in [6, 6.07) is -8.13. The van der Waals surface area contributed by atoms with Crippen LogP contribution in [0.3, 0.4) is 0 Å². The van der Waals surface area contributed by atoms with Gasteiger partial charge in [-0.3, -0.25) is 106 Å². The molecule has 54 nitrogen and oxygen atoms in total. The van der Waals surface area contributed by atoms with E-state index in [9.17, 15) is 146 Å². The number of guanidine groups is 1. The SMILES string of the molecule is CC(C)[C@H](NC(=O)[C@H](Cc1ccccc1)NC(=O)[C@H](Cc1c[nH]c2ccccc12)NC(=O)[C@H](CO)NC(=O)[C@@H](N)Cc1ccccc1)C(=O)N[C@@H](CC(=O)O)C(=O)N[C@@H](CC(=O)O)C(=O)N[C@H](C(=O)N[C@@H](CCC(=O)O)C(=O)N[C@H](C(=O)N[C@@H](CC(N)=O)C(=O)N[C@H](C(=O)N[C@@H](C)C(=O)N[C@H](C(=O)N[C@H](C(=O)N[C@@H](CCCCN)C(=O)N1CCC[C@H]1C(=O)N[C@@H](CCCNC(=N)N)C(=O)O)[C@@H](C)O)[C@@H](C)O)[C@@H](C)O)C(C)C)C(C)C. The quantitative estimate of drug-likeness (QED) is 0.0111. The number of hydrogen-bond donors (Lipinski definition) is 31. The lowest BCUT2D eigenvalue weighted by Gasteiger charge is -2.31. The molecule has 0 unspecified atom stereocenters. The first-order valence-electron chi connectivity index (χ1n) is 48.7. The number of carboxylic acids is 4. The van der Waals surface area contributed by atoms with E-state index in [0.29, 0.717) is 34.0 Å². The molecule has 0 radical (unpaired) electrons. The van der Waals surface area contributed by atoms with E-state index in [-0.39, 0.29) is 83.4 Å². The Bertz CT molecular complexity index is 5380. The number of H-pyrrole nitrogens is 1. The van der Waals surface area contributed by atoms with Gasteiger partial charge in [0.2, 0.25) is 106 Å². The van der Waals surface area contributed by atoms with Gasteiger partial charge in [-0.25, -0.2) is 4.79 Å². The lowest BCUT2D eigenvalue weighted by molar-refractivity contribution is -0.145. The van der Waals surface area contributed by atoms with Crippen LogP contribution in [0.4, 0.5) is 0 Å². The molecule has 0 bridgehead atoms. The molecule has 1 fully saturated rings. The number of aliphatic hydroxyl groups excluding tert-OH is 4. The van der Waals surface area contributed by atoms with Gasteiger partial charge in [0.15, 0.2) is 5.96 Å². The molecule has 2 heterocycles. The number of carbonyl (C=O) groups is 22. The second-order valence-corrected chi connectivity index (χ2v) is 37.5. The molecule has 150 heavy (non-hydrogen) atoms. The molecule has 1 saturated heterocycles. The Kier molecular flexibility index (Phi) is 51.2. The molecule has 4 aromatic rings. The summed E-state index contributed by atoms with van der Waals surface area (Å²) >= 11 is 0. The first-order chi connectivity index (χ1) is 70.6. The van der Waals surface area contributed by atoms with Gasteiger partial charge in [0.1, 0.15) is 103 Å². The molecular formula is C96H142N24O30. The molecule has 1 aliphatic heterocycles. The second-order valence-electron chi connectivity index (χ2n) is 37.5. The monoisotopic (exact) mass is 2110 g/mol. The fourth-order valence-electron chi connectivity index (χ4n) is 15.8. The van der Waals surface area contributed by atoms with E-state index in [1.54, 1.807) is 91.1 Å². The number of nitrogens with one attached hydrogen (secondary N) is 19. The summed E-state index contributed by atoms with van der Waals surface area (Å²) in [6.45, 7) is 11.6. The Hall–Kier alpha value is -15.4. The number of fused-ring (bicyclic) bond motifs is 1. The number of unbranched alkanes of at least 4 members (excludes halogenated alkanes) is 1. The highest BCUT2D eigenvalue weighted by atomic mass is 16.4. The molecule has 0 aliphatic carbocycles.